The van der Waals surface area contributed by atoms with Crippen molar-refractivity contribution < 1.29 is 14.3 Å². The molecule has 0 bridgehead atoms. The van der Waals surface area contributed by atoms with Gasteiger partial charge in [-0.1, -0.05) is 23.7 Å². The molecule has 1 aliphatic heterocycles. The number of hydrogen-bond acceptors (Lipinski definition) is 4. The van der Waals surface area contributed by atoms with Crippen LogP contribution >= 0.6 is 11.6 Å². The Kier molecular flexibility index (Phi) is 3.92. The standard InChI is InChI=1S/C15H13ClN2O3/c16-14-6-5-10(7-17-14)15(19)18-8-11-9-20-12-3-1-2-4-13(12)21-11/h1-7,11H,8-9H2,(H,18,19). The maximum Gasteiger partial charge on any atom is 0.252 e. The van der Waals surface area contributed by atoms with E-state index in [1.807, 2.05) is 24.3 Å². The first-order valence-electron chi connectivity index (χ1n) is 6.50. The summed E-state index contributed by atoms with van der Waals surface area (Å²) in [5.41, 5.74) is 0.455. The summed E-state index contributed by atoms with van der Waals surface area (Å²) >= 11 is 5.68. The van der Waals surface area contributed by atoms with E-state index in [2.05, 4.69) is 10.3 Å². The molecule has 3 rings (SSSR count). The second kappa shape index (κ2) is 6.01. The lowest BCUT2D eigenvalue weighted by Crippen LogP contribution is -2.40. The van der Waals surface area contributed by atoms with Gasteiger partial charge in [0.25, 0.3) is 5.91 Å². The zero-order valence-corrected chi connectivity index (χ0v) is 11.8. The van der Waals surface area contributed by atoms with Gasteiger partial charge in [-0.2, -0.15) is 0 Å². The molecule has 1 aromatic carbocycles. The minimum atomic E-state index is -0.221. The van der Waals surface area contributed by atoms with Gasteiger partial charge in [0.1, 0.15) is 17.9 Å². The lowest BCUT2D eigenvalue weighted by Gasteiger charge is -2.26. The molecule has 1 atom stereocenters. The predicted molar refractivity (Wildman–Crippen MR) is 77.9 cm³/mol. The second-order valence-electron chi connectivity index (χ2n) is 4.58. The number of rotatable bonds is 3. The Balaban J connectivity index is 1.56. The highest BCUT2D eigenvalue weighted by Gasteiger charge is 2.21. The Labute approximate surface area is 126 Å². The Morgan fingerprint density at radius 2 is 2.10 bits per heavy atom. The fourth-order valence-corrected chi connectivity index (χ4v) is 2.09. The highest BCUT2D eigenvalue weighted by atomic mass is 35.5. The fraction of sp³-hybridized carbons (Fsp3) is 0.200. The first-order chi connectivity index (χ1) is 10.2. The number of nitrogens with zero attached hydrogens (tertiary/aromatic N) is 1. The molecular formula is C15H13ClN2O3. The minimum absolute atomic E-state index is 0.218. The molecule has 2 heterocycles. The molecule has 0 radical (unpaired) electrons. The van der Waals surface area contributed by atoms with Gasteiger partial charge in [0.15, 0.2) is 11.5 Å². The molecular weight excluding hydrogens is 292 g/mol. The average molecular weight is 305 g/mol. The first-order valence-corrected chi connectivity index (χ1v) is 6.88. The molecule has 0 spiro atoms. The summed E-state index contributed by atoms with van der Waals surface area (Å²) in [5.74, 6) is 1.19. The number of carbonyl (C=O) groups is 1. The van der Waals surface area contributed by atoms with Gasteiger partial charge in [-0.3, -0.25) is 4.79 Å². The van der Waals surface area contributed by atoms with E-state index < -0.39 is 0 Å². The van der Waals surface area contributed by atoms with Crippen LogP contribution in [0.5, 0.6) is 11.5 Å². The molecule has 0 saturated heterocycles. The number of carbonyl (C=O) groups excluding carboxylic acids is 1. The normalized spacial score (nSPS) is 16.3. The first kappa shape index (κ1) is 13.7. The smallest absolute Gasteiger partial charge is 0.252 e. The number of nitrogens with one attached hydrogen (secondary N) is 1. The molecule has 0 saturated carbocycles. The summed E-state index contributed by atoms with van der Waals surface area (Å²) in [6.07, 6.45) is 1.22. The van der Waals surface area contributed by atoms with Crippen LogP contribution in [0.15, 0.2) is 42.6 Å². The Hall–Kier alpha value is -2.27. The molecule has 1 unspecified atom stereocenters. The SMILES string of the molecule is O=C(NCC1COc2ccccc2O1)c1ccc(Cl)nc1. The summed E-state index contributed by atoms with van der Waals surface area (Å²) in [7, 11) is 0. The maximum absolute atomic E-state index is 12.0. The van der Waals surface area contributed by atoms with Crippen LogP contribution in [0, 0.1) is 0 Å². The summed E-state index contributed by atoms with van der Waals surface area (Å²) in [6, 6.07) is 10.7. The van der Waals surface area contributed by atoms with E-state index in [1.54, 1.807) is 12.1 Å². The average Bonchev–Trinajstić information content (AvgIpc) is 2.53. The van der Waals surface area contributed by atoms with Crippen molar-refractivity contribution in [1.82, 2.24) is 10.3 Å². The highest BCUT2D eigenvalue weighted by molar-refractivity contribution is 6.29. The van der Waals surface area contributed by atoms with Crippen LogP contribution < -0.4 is 14.8 Å². The summed E-state index contributed by atoms with van der Waals surface area (Å²) in [6.45, 7) is 0.756. The molecule has 21 heavy (non-hydrogen) atoms. The molecule has 5 nitrogen and oxygen atoms in total. The van der Waals surface area contributed by atoms with Crippen LogP contribution in [0.4, 0.5) is 0 Å². The van der Waals surface area contributed by atoms with E-state index in [0.717, 1.165) is 5.75 Å². The monoisotopic (exact) mass is 304 g/mol. The minimum Gasteiger partial charge on any atom is -0.486 e. The van der Waals surface area contributed by atoms with Gasteiger partial charge in [0, 0.05) is 6.20 Å². The number of halogens is 1. The van der Waals surface area contributed by atoms with E-state index in [-0.39, 0.29) is 12.0 Å². The van der Waals surface area contributed by atoms with Gasteiger partial charge < -0.3 is 14.8 Å². The third-order valence-electron chi connectivity index (χ3n) is 3.05. The molecule has 1 aromatic heterocycles. The van der Waals surface area contributed by atoms with Gasteiger partial charge >= 0.3 is 0 Å². The van der Waals surface area contributed by atoms with Gasteiger partial charge in [-0.05, 0) is 24.3 Å². The molecule has 1 amide bonds. The van der Waals surface area contributed by atoms with E-state index in [9.17, 15) is 4.79 Å². The van der Waals surface area contributed by atoms with Crippen molar-refractivity contribution in [2.75, 3.05) is 13.2 Å². The maximum atomic E-state index is 12.0. The number of hydrogen-bond donors (Lipinski definition) is 1. The lowest BCUT2D eigenvalue weighted by molar-refractivity contribution is 0.0789. The summed E-state index contributed by atoms with van der Waals surface area (Å²) in [4.78, 5) is 15.8. The van der Waals surface area contributed by atoms with Crippen molar-refractivity contribution in [1.29, 1.82) is 0 Å². The Morgan fingerprint density at radius 3 is 2.86 bits per heavy atom. The number of para-hydroxylation sites is 2. The van der Waals surface area contributed by atoms with Gasteiger partial charge in [-0.15, -0.1) is 0 Å². The van der Waals surface area contributed by atoms with Gasteiger partial charge in [-0.25, -0.2) is 4.98 Å². The van der Waals surface area contributed by atoms with Gasteiger partial charge in [0.2, 0.25) is 0 Å². The van der Waals surface area contributed by atoms with Crippen LogP contribution in [-0.2, 0) is 0 Å². The third-order valence-corrected chi connectivity index (χ3v) is 3.27. The Bertz CT molecular complexity index is 646. The van der Waals surface area contributed by atoms with E-state index in [4.69, 9.17) is 21.1 Å². The van der Waals surface area contributed by atoms with E-state index in [1.165, 1.54) is 6.20 Å². The van der Waals surface area contributed by atoms with Crippen LogP contribution in [0.3, 0.4) is 0 Å². The molecule has 0 aliphatic carbocycles. The molecule has 0 fully saturated rings. The van der Waals surface area contributed by atoms with Crippen molar-refractivity contribution in [2.45, 2.75) is 6.10 Å². The lowest BCUT2D eigenvalue weighted by atomic mass is 10.2. The highest BCUT2D eigenvalue weighted by Crippen LogP contribution is 2.30. The number of amides is 1. The number of aromatic nitrogens is 1. The second-order valence-corrected chi connectivity index (χ2v) is 4.96. The number of benzene rings is 1. The fourth-order valence-electron chi connectivity index (χ4n) is 1.98. The van der Waals surface area contributed by atoms with E-state index in [0.29, 0.717) is 29.6 Å². The molecule has 1 N–H and O–H groups in total. The zero-order valence-electron chi connectivity index (χ0n) is 11.1. The third kappa shape index (κ3) is 3.25. The zero-order chi connectivity index (χ0) is 14.7. The van der Waals surface area contributed by atoms with Crippen LogP contribution in [0.25, 0.3) is 0 Å². The summed E-state index contributed by atoms with van der Waals surface area (Å²) < 4.78 is 11.3. The van der Waals surface area contributed by atoms with Crippen LogP contribution in [0.1, 0.15) is 10.4 Å². The quantitative estimate of drug-likeness (QED) is 0.884. The summed E-state index contributed by atoms with van der Waals surface area (Å²) in [5, 5.41) is 3.15. The molecule has 1 aliphatic rings. The molecule has 2 aromatic rings. The van der Waals surface area contributed by atoms with Crippen molar-refractivity contribution in [3.63, 3.8) is 0 Å². The van der Waals surface area contributed by atoms with Crippen LogP contribution in [-0.4, -0.2) is 30.1 Å². The topological polar surface area (TPSA) is 60.5 Å². The van der Waals surface area contributed by atoms with Gasteiger partial charge in [0.05, 0.1) is 12.1 Å². The Morgan fingerprint density at radius 1 is 1.29 bits per heavy atom. The largest absolute Gasteiger partial charge is 0.486 e. The van der Waals surface area contributed by atoms with E-state index >= 15 is 0 Å². The molecule has 108 valence electrons. The molecule has 6 heteroatoms. The van der Waals surface area contributed by atoms with Crippen molar-refractivity contribution >= 4 is 17.5 Å². The van der Waals surface area contributed by atoms with Crippen molar-refractivity contribution in [3.05, 3.63) is 53.3 Å². The number of fused-ring (bicyclic) bond motifs is 1. The van der Waals surface area contributed by atoms with Crippen LogP contribution in [0.2, 0.25) is 5.15 Å². The predicted octanol–water partition coefficient (Wildman–Crippen LogP) is 2.30. The van der Waals surface area contributed by atoms with Crippen molar-refractivity contribution in [3.8, 4) is 11.5 Å². The number of pyridine rings is 1. The number of ether oxygens (including phenoxy) is 2. The van der Waals surface area contributed by atoms with Crippen molar-refractivity contribution in [2.24, 2.45) is 0 Å².